The standard InChI is InChI=1S/C18H16BrF3N2O3/c19-15-5-2-7-23-17(15)27-14-6-8-24(10-14)16(25)11-26-13-4-1-3-12(9-13)18(20,21)22/h1-5,7,9,14H,6,8,10-11H2/t14-/m0/s1. The number of ether oxygens (including phenoxy) is 2. The van der Waals surface area contributed by atoms with Gasteiger partial charge in [-0.15, -0.1) is 0 Å². The van der Waals surface area contributed by atoms with Gasteiger partial charge in [0.05, 0.1) is 16.6 Å². The molecule has 0 radical (unpaired) electrons. The summed E-state index contributed by atoms with van der Waals surface area (Å²) in [6, 6.07) is 8.04. The lowest BCUT2D eigenvalue weighted by Gasteiger charge is -2.18. The van der Waals surface area contributed by atoms with Gasteiger partial charge >= 0.3 is 6.18 Å². The molecule has 5 nitrogen and oxygen atoms in total. The molecule has 144 valence electrons. The first kappa shape index (κ1) is 19.5. The maximum absolute atomic E-state index is 12.7. The van der Waals surface area contributed by atoms with Gasteiger partial charge < -0.3 is 14.4 Å². The number of nitrogens with zero attached hydrogens (tertiary/aromatic N) is 2. The Balaban J connectivity index is 1.52. The van der Waals surface area contributed by atoms with E-state index in [9.17, 15) is 18.0 Å². The summed E-state index contributed by atoms with van der Waals surface area (Å²) in [6.07, 6.45) is -2.41. The van der Waals surface area contributed by atoms with E-state index in [0.717, 1.165) is 16.6 Å². The van der Waals surface area contributed by atoms with E-state index in [2.05, 4.69) is 20.9 Å². The summed E-state index contributed by atoms with van der Waals surface area (Å²) in [4.78, 5) is 18.0. The second kappa shape index (κ2) is 8.16. The lowest BCUT2D eigenvalue weighted by molar-refractivity contribution is -0.137. The first-order valence-electron chi connectivity index (χ1n) is 8.18. The van der Waals surface area contributed by atoms with E-state index in [0.29, 0.717) is 25.4 Å². The Morgan fingerprint density at radius 1 is 1.30 bits per heavy atom. The third kappa shape index (κ3) is 5.12. The van der Waals surface area contributed by atoms with Gasteiger partial charge in [-0.1, -0.05) is 6.07 Å². The van der Waals surface area contributed by atoms with Gasteiger partial charge in [-0.2, -0.15) is 13.2 Å². The Morgan fingerprint density at radius 2 is 2.11 bits per heavy atom. The van der Waals surface area contributed by atoms with Crippen molar-refractivity contribution in [3.63, 3.8) is 0 Å². The first-order chi connectivity index (χ1) is 12.8. The number of halogens is 4. The van der Waals surface area contributed by atoms with Crippen molar-refractivity contribution in [1.29, 1.82) is 0 Å². The summed E-state index contributed by atoms with van der Waals surface area (Å²) in [5.41, 5.74) is -0.817. The number of carbonyl (C=O) groups excluding carboxylic acids is 1. The number of aromatic nitrogens is 1. The Labute approximate surface area is 162 Å². The number of carbonyl (C=O) groups is 1. The fraction of sp³-hybridized carbons (Fsp3) is 0.333. The third-order valence-electron chi connectivity index (χ3n) is 4.02. The van der Waals surface area contributed by atoms with Crippen LogP contribution in [0.3, 0.4) is 0 Å². The molecule has 1 aromatic heterocycles. The van der Waals surface area contributed by atoms with Crippen molar-refractivity contribution in [1.82, 2.24) is 9.88 Å². The zero-order valence-electron chi connectivity index (χ0n) is 14.1. The number of hydrogen-bond donors (Lipinski definition) is 0. The van der Waals surface area contributed by atoms with Crippen LogP contribution in [0.25, 0.3) is 0 Å². The van der Waals surface area contributed by atoms with Crippen LogP contribution in [-0.2, 0) is 11.0 Å². The van der Waals surface area contributed by atoms with Crippen LogP contribution in [-0.4, -0.2) is 41.6 Å². The fourth-order valence-electron chi connectivity index (χ4n) is 2.67. The van der Waals surface area contributed by atoms with Crippen LogP contribution in [0.2, 0.25) is 0 Å². The van der Waals surface area contributed by atoms with Crippen molar-refractivity contribution in [2.45, 2.75) is 18.7 Å². The van der Waals surface area contributed by atoms with Crippen molar-refractivity contribution in [3.05, 3.63) is 52.6 Å². The summed E-state index contributed by atoms with van der Waals surface area (Å²) in [6.45, 7) is 0.523. The Kier molecular flexibility index (Phi) is 5.88. The largest absolute Gasteiger partial charge is 0.484 e. The van der Waals surface area contributed by atoms with Gasteiger partial charge in [-0.3, -0.25) is 4.79 Å². The van der Waals surface area contributed by atoms with Gasteiger partial charge in [0.2, 0.25) is 5.88 Å². The van der Waals surface area contributed by atoms with E-state index in [1.165, 1.54) is 12.1 Å². The molecule has 2 aromatic rings. The monoisotopic (exact) mass is 444 g/mol. The number of likely N-dealkylation sites (tertiary alicyclic amines) is 1. The molecule has 0 bridgehead atoms. The summed E-state index contributed by atoms with van der Waals surface area (Å²) >= 11 is 3.35. The van der Waals surface area contributed by atoms with Gasteiger partial charge in [0, 0.05) is 19.2 Å². The fourth-order valence-corrected chi connectivity index (χ4v) is 3.01. The molecule has 0 saturated carbocycles. The lowest BCUT2D eigenvalue weighted by Crippen LogP contribution is -2.34. The number of benzene rings is 1. The molecule has 2 heterocycles. The van der Waals surface area contributed by atoms with Gasteiger partial charge in [0.15, 0.2) is 6.61 Å². The molecule has 0 aliphatic carbocycles. The van der Waals surface area contributed by atoms with E-state index < -0.39 is 11.7 Å². The smallest absolute Gasteiger partial charge is 0.416 e. The zero-order valence-corrected chi connectivity index (χ0v) is 15.7. The normalized spacial score (nSPS) is 17.0. The molecule has 1 fully saturated rings. The van der Waals surface area contributed by atoms with Crippen molar-refractivity contribution >= 4 is 21.8 Å². The van der Waals surface area contributed by atoms with Crippen molar-refractivity contribution in [2.75, 3.05) is 19.7 Å². The second-order valence-corrected chi connectivity index (χ2v) is 6.83. The highest BCUT2D eigenvalue weighted by Gasteiger charge is 2.31. The van der Waals surface area contributed by atoms with Gasteiger partial charge in [-0.25, -0.2) is 4.98 Å². The number of amides is 1. The van der Waals surface area contributed by atoms with E-state index in [1.54, 1.807) is 17.2 Å². The summed E-state index contributed by atoms with van der Waals surface area (Å²) in [5, 5.41) is 0. The van der Waals surface area contributed by atoms with E-state index in [1.807, 2.05) is 6.07 Å². The van der Waals surface area contributed by atoms with Crippen LogP contribution in [0.4, 0.5) is 13.2 Å². The minimum Gasteiger partial charge on any atom is -0.484 e. The van der Waals surface area contributed by atoms with E-state index in [4.69, 9.17) is 9.47 Å². The van der Waals surface area contributed by atoms with Crippen molar-refractivity contribution in [2.24, 2.45) is 0 Å². The van der Waals surface area contributed by atoms with E-state index >= 15 is 0 Å². The minimum atomic E-state index is -4.46. The molecular formula is C18H16BrF3N2O3. The highest BCUT2D eigenvalue weighted by Crippen LogP contribution is 2.31. The van der Waals surface area contributed by atoms with Gasteiger partial charge in [0.1, 0.15) is 11.9 Å². The molecule has 1 saturated heterocycles. The van der Waals surface area contributed by atoms with E-state index in [-0.39, 0.29) is 24.4 Å². The van der Waals surface area contributed by atoms with Crippen LogP contribution in [0.5, 0.6) is 11.6 Å². The number of rotatable bonds is 5. The lowest BCUT2D eigenvalue weighted by atomic mass is 10.2. The third-order valence-corrected chi connectivity index (χ3v) is 4.63. The Bertz CT molecular complexity index is 816. The molecule has 1 aromatic carbocycles. The predicted molar refractivity (Wildman–Crippen MR) is 94.5 cm³/mol. The maximum atomic E-state index is 12.7. The highest BCUT2D eigenvalue weighted by molar-refractivity contribution is 9.10. The van der Waals surface area contributed by atoms with Gasteiger partial charge in [-0.05, 0) is 46.3 Å². The highest BCUT2D eigenvalue weighted by atomic mass is 79.9. The average Bonchev–Trinajstić information content (AvgIpc) is 3.10. The minimum absolute atomic E-state index is 0.00240. The van der Waals surface area contributed by atoms with Crippen LogP contribution in [0.15, 0.2) is 47.1 Å². The predicted octanol–water partition coefficient (Wildman–Crippen LogP) is 3.92. The SMILES string of the molecule is O=C(COc1cccc(C(F)(F)F)c1)N1CC[C@H](Oc2ncccc2Br)C1. The van der Waals surface area contributed by atoms with Crippen LogP contribution < -0.4 is 9.47 Å². The molecule has 0 spiro atoms. The molecule has 0 N–H and O–H groups in total. The van der Waals surface area contributed by atoms with Crippen molar-refractivity contribution < 1.29 is 27.4 Å². The molecule has 1 aliphatic rings. The maximum Gasteiger partial charge on any atom is 0.416 e. The molecule has 27 heavy (non-hydrogen) atoms. The Hall–Kier alpha value is -2.29. The Morgan fingerprint density at radius 3 is 2.85 bits per heavy atom. The number of pyridine rings is 1. The molecular weight excluding hydrogens is 429 g/mol. The summed E-state index contributed by atoms with van der Waals surface area (Å²) < 4.78 is 49.9. The second-order valence-electron chi connectivity index (χ2n) is 5.97. The number of alkyl halides is 3. The molecule has 1 atom stereocenters. The summed E-state index contributed by atoms with van der Waals surface area (Å²) in [5.74, 6) is 0.151. The molecule has 3 rings (SSSR count). The molecule has 1 amide bonds. The van der Waals surface area contributed by atoms with Crippen molar-refractivity contribution in [3.8, 4) is 11.6 Å². The van der Waals surface area contributed by atoms with Crippen LogP contribution in [0.1, 0.15) is 12.0 Å². The average molecular weight is 445 g/mol. The molecule has 0 unspecified atom stereocenters. The molecule has 1 aliphatic heterocycles. The zero-order chi connectivity index (χ0) is 19.4. The topological polar surface area (TPSA) is 51.7 Å². The molecule has 9 heteroatoms. The quantitative estimate of drug-likeness (QED) is 0.701. The van der Waals surface area contributed by atoms with Crippen LogP contribution >= 0.6 is 15.9 Å². The first-order valence-corrected chi connectivity index (χ1v) is 8.97. The number of hydrogen-bond acceptors (Lipinski definition) is 4. The van der Waals surface area contributed by atoms with Crippen LogP contribution in [0, 0.1) is 0 Å². The van der Waals surface area contributed by atoms with Gasteiger partial charge in [0.25, 0.3) is 5.91 Å². The summed E-state index contributed by atoms with van der Waals surface area (Å²) in [7, 11) is 0.